The summed E-state index contributed by atoms with van der Waals surface area (Å²) in [5.74, 6) is -0.199. The van der Waals surface area contributed by atoms with E-state index in [1.54, 1.807) is 25.5 Å². The highest BCUT2D eigenvalue weighted by molar-refractivity contribution is 6.22. The topological polar surface area (TPSA) is 78.8 Å². The number of aryl methyl sites for hydroxylation is 1. The van der Waals surface area contributed by atoms with Gasteiger partial charge in [0, 0.05) is 56.4 Å². The van der Waals surface area contributed by atoms with Crippen molar-refractivity contribution in [2.24, 2.45) is 5.10 Å². The van der Waals surface area contributed by atoms with Gasteiger partial charge in [-0.2, -0.15) is 5.10 Å². The van der Waals surface area contributed by atoms with Gasteiger partial charge in [-0.3, -0.25) is 14.7 Å². The van der Waals surface area contributed by atoms with Gasteiger partial charge in [0.05, 0.1) is 18.9 Å². The van der Waals surface area contributed by atoms with Crippen molar-refractivity contribution >= 4 is 29.0 Å². The molecular weight excluding hydrogens is 402 g/mol. The zero-order valence-electron chi connectivity index (χ0n) is 19.0. The number of ether oxygens (including phenoxy) is 1. The van der Waals surface area contributed by atoms with Gasteiger partial charge in [0.15, 0.2) is 0 Å². The maximum atomic E-state index is 12.6. The second-order valence-corrected chi connectivity index (χ2v) is 7.72. The summed E-state index contributed by atoms with van der Waals surface area (Å²) in [5.41, 5.74) is 9.06. The Balaban J connectivity index is 1.66. The van der Waals surface area contributed by atoms with Crippen LogP contribution in [0.3, 0.4) is 0 Å². The van der Waals surface area contributed by atoms with E-state index in [0.29, 0.717) is 0 Å². The molecule has 3 rings (SSSR count). The van der Waals surface area contributed by atoms with Crippen molar-refractivity contribution in [3.8, 4) is 0 Å². The van der Waals surface area contributed by atoms with Gasteiger partial charge in [-0.1, -0.05) is 18.7 Å². The normalized spacial score (nSPS) is 15.0. The second kappa shape index (κ2) is 11.4. The number of pyridine rings is 1. The van der Waals surface area contributed by atoms with E-state index in [2.05, 4.69) is 44.4 Å². The lowest BCUT2D eigenvalue weighted by Gasteiger charge is -2.26. The molecule has 1 fully saturated rings. The fraction of sp³-hybridized carbons (Fsp3) is 0.320. The quantitative estimate of drug-likeness (QED) is 0.379. The number of amides is 1. The molecule has 7 nitrogen and oxygen atoms in total. The highest BCUT2D eigenvalue weighted by Gasteiger charge is 2.12. The number of hydrogen-bond acceptors (Lipinski definition) is 6. The number of rotatable bonds is 8. The standard InChI is InChI=1S/C25H31N5O2/c1-18-15-21(17-30-11-13-32-14-12-30)5-7-24(18)28-25(31)8-6-22-16-27-10-9-23(22)19(2)20(3)29-26-4/h5-10,15-16,26H,2,11-14,17H2,1,3-4H3,(H,28,31)/b8-6+,29-20-. The van der Waals surface area contributed by atoms with Crippen molar-refractivity contribution in [3.05, 3.63) is 71.6 Å². The molecule has 0 bridgehead atoms. The van der Waals surface area contributed by atoms with Gasteiger partial charge in [0.25, 0.3) is 0 Å². The van der Waals surface area contributed by atoms with Gasteiger partial charge in [-0.05, 0) is 54.3 Å². The minimum absolute atomic E-state index is 0.199. The summed E-state index contributed by atoms with van der Waals surface area (Å²) in [6.07, 6.45) is 6.67. The zero-order chi connectivity index (χ0) is 22.9. The van der Waals surface area contributed by atoms with Crippen LogP contribution in [0, 0.1) is 6.92 Å². The first-order chi connectivity index (χ1) is 15.5. The zero-order valence-corrected chi connectivity index (χ0v) is 19.0. The summed E-state index contributed by atoms with van der Waals surface area (Å²) in [6, 6.07) is 8.02. The molecule has 0 radical (unpaired) electrons. The number of hydrogen-bond donors (Lipinski definition) is 2. The van der Waals surface area contributed by atoms with Crippen molar-refractivity contribution < 1.29 is 9.53 Å². The first kappa shape index (κ1) is 23.4. The third-order valence-electron chi connectivity index (χ3n) is 5.37. The van der Waals surface area contributed by atoms with Crippen LogP contribution in [-0.4, -0.2) is 54.9 Å². The Morgan fingerprint density at radius 2 is 2.09 bits per heavy atom. The van der Waals surface area contributed by atoms with Crippen LogP contribution in [0.1, 0.15) is 29.2 Å². The van der Waals surface area contributed by atoms with Crippen LogP contribution in [0.5, 0.6) is 0 Å². The molecule has 0 saturated carbocycles. The first-order valence-corrected chi connectivity index (χ1v) is 10.7. The molecule has 0 spiro atoms. The van der Waals surface area contributed by atoms with E-state index in [1.165, 1.54) is 11.6 Å². The van der Waals surface area contributed by atoms with Gasteiger partial charge in [0.1, 0.15) is 0 Å². The molecule has 1 amide bonds. The summed E-state index contributed by atoms with van der Waals surface area (Å²) in [4.78, 5) is 19.1. The largest absolute Gasteiger partial charge is 0.379 e. The molecule has 1 aliphatic rings. The predicted octanol–water partition coefficient (Wildman–Crippen LogP) is 3.48. The van der Waals surface area contributed by atoms with Crippen LogP contribution in [0.4, 0.5) is 5.69 Å². The Morgan fingerprint density at radius 1 is 1.31 bits per heavy atom. The number of allylic oxidation sites excluding steroid dienone is 1. The van der Waals surface area contributed by atoms with Crippen LogP contribution in [-0.2, 0) is 16.1 Å². The number of anilines is 1. The SMILES string of the molecule is C=C(/C(C)=N\NC)c1ccncc1/C=C/C(=O)Nc1ccc(CN2CCOCC2)cc1C. The molecule has 7 heteroatoms. The third-order valence-corrected chi connectivity index (χ3v) is 5.37. The summed E-state index contributed by atoms with van der Waals surface area (Å²) in [7, 11) is 1.74. The highest BCUT2D eigenvalue weighted by Crippen LogP contribution is 2.21. The highest BCUT2D eigenvalue weighted by atomic mass is 16.5. The fourth-order valence-corrected chi connectivity index (χ4v) is 3.57. The summed E-state index contributed by atoms with van der Waals surface area (Å²) >= 11 is 0. The lowest BCUT2D eigenvalue weighted by atomic mass is 10.00. The average Bonchev–Trinajstić information content (AvgIpc) is 2.80. The monoisotopic (exact) mass is 433 g/mol. The predicted molar refractivity (Wildman–Crippen MR) is 130 cm³/mol. The van der Waals surface area contributed by atoms with Crippen molar-refractivity contribution in [1.29, 1.82) is 0 Å². The molecule has 2 aromatic rings. The Kier molecular flexibility index (Phi) is 8.30. The first-order valence-electron chi connectivity index (χ1n) is 10.7. The Labute approximate surface area is 189 Å². The van der Waals surface area contributed by atoms with Crippen LogP contribution in [0.15, 0.2) is 54.4 Å². The van der Waals surface area contributed by atoms with Gasteiger partial charge in [-0.25, -0.2) is 0 Å². The second-order valence-electron chi connectivity index (χ2n) is 7.72. The van der Waals surface area contributed by atoms with Crippen molar-refractivity contribution in [1.82, 2.24) is 15.3 Å². The number of carbonyl (C=O) groups is 1. The average molecular weight is 434 g/mol. The van der Waals surface area contributed by atoms with E-state index in [4.69, 9.17) is 4.74 Å². The lowest BCUT2D eigenvalue weighted by molar-refractivity contribution is -0.111. The number of carbonyl (C=O) groups excluding carboxylic acids is 1. The maximum Gasteiger partial charge on any atom is 0.248 e. The Bertz CT molecular complexity index is 1020. The van der Waals surface area contributed by atoms with Gasteiger partial charge in [0.2, 0.25) is 5.91 Å². The lowest BCUT2D eigenvalue weighted by Crippen LogP contribution is -2.35. The van der Waals surface area contributed by atoms with Crippen LogP contribution >= 0.6 is 0 Å². The summed E-state index contributed by atoms with van der Waals surface area (Å²) in [6.45, 7) is 12.4. The van der Waals surface area contributed by atoms with E-state index in [1.807, 2.05) is 26.0 Å². The molecule has 1 aromatic carbocycles. The maximum absolute atomic E-state index is 12.6. The van der Waals surface area contributed by atoms with E-state index in [-0.39, 0.29) is 5.91 Å². The molecule has 1 saturated heterocycles. The van der Waals surface area contributed by atoms with Crippen molar-refractivity contribution in [3.63, 3.8) is 0 Å². The fourth-order valence-electron chi connectivity index (χ4n) is 3.57. The number of hydrazone groups is 1. The minimum Gasteiger partial charge on any atom is -0.379 e. The molecule has 0 aliphatic carbocycles. The van der Waals surface area contributed by atoms with Crippen molar-refractivity contribution in [2.45, 2.75) is 20.4 Å². The van der Waals surface area contributed by atoms with Gasteiger partial charge < -0.3 is 15.5 Å². The van der Waals surface area contributed by atoms with Crippen molar-refractivity contribution in [2.75, 3.05) is 38.7 Å². The molecular formula is C25H31N5O2. The Hall–Kier alpha value is -3.29. The van der Waals surface area contributed by atoms with Crippen LogP contribution in [0.2, 0.25) is 0 Å². The van der Waals surface area contributed by atoms with Gasteiger partial charge >= 0.3 is 0 Å². The molecule has 0 unspecified atom stereocenters. The number of nitrogens with zero attached hydrogens (tertiary/aromatic N) is 3. The number of benzene rings is 1. The molecule has 32 heavy (non-hydrogen) atoms. The smallest absolute Gasteiger partial charge is 0.248 e. The van der Waals surface area contributed by atoms with E-state index >= 15 is 0 Å². The number of nitrogens with one attached hydrogen (secondary N) is 2. The number of morpholine rings is 1. The number of aromatic nitrogens is 1. The molecule has 2 N–H and O–H groups in total. The molecule has 0 atom stereocenters. The minimum atomic E-state index is -0.199. The molecule has 168 valence electrons. The van der Waals surface area contributed by atoms with Crippen LogP contribution < -0.4 is 10.7 Å². The Morgan fingerprint density at radius 3 is 2.81 bits per heavy atom. The van der Waals surface area contributed by atoms with E-state index in [9.17, 15) is 4.79 Å². The molecule has 1 aromatic heterocycles. The summed E-state index contributed by atoms with van der Waals surface area (Å²) in [5, 5.41) is 7.15. The summed E-state index contributed by atoms with van der Waals surface area (Å²) < 4.78 is 5.41. The molecule has 1 aliphatic heterocycles. The third kappa shape index (κ3) is 6.35. The van der Waals surface area contributed by atoms with E-state index < -0.39 is 0 Å². The van der Waals surface area contributed by atoms with Gasteiger partial charge in [-0.15, -0.1) is 0 Å². The molecule has 2 heterocycles. The van der Waals surface area contributed by atoms with Crippen LogP contribution in [0.25, 0.3) is 11.6 Å². The van der Waals surface area contributed by atoms with E-state index in [0.717, 1.165) is 66.5 Å².